The summed E-state index contributed by atoms with van der Waals surface area (Å²) in [5, 5.41) is 3.72. The van der Waals surface area contributed by atoms with Crippen LogP contribution in [0, 0.1) is 0 Å². The molecule has 4 rings (SSSR count). The summed E-state index contributed by atoms with van der Waals surface area (Å²) in [5.41, 5.74) is 4.95. The summed E-state index contributed by atoms with van der Waals surface area (Å²) in [5.74, 6) is 0.574. The molecule has 0 saturated carbocycles. The van der Waals surface area contributed by atoms with Gasteiger partial charge in [0, 0.05) is 22.6 Å². The first-order valence-electron chi connectivity index (χ1n) is 9.17. The number of nitrogens with one attached hydrogen (secondary N) is 2. The Labute approximate surface area is 172 Å². The highest BCUT2D eigenvalue weighted by atomic mass is 32.2. The Morgan fingerprint density at radius 1 is 0.931 bits per heavy atom. The summed E-state index contributed by atoms with van der Waals surface area (Å²) in [7, 11) is 0. The van der Waals surface area contributed by atoms with E-state index in [0.29, 0.717) is 16.8 Å². The molecule has 1 aromatic heterocycles. The van der Waals surface area contributed by atoms with Gasteiger partial charge in [0.1, 0.15) is 0 Å². The number of anilines is 1. The summed E-state index contributed by atoms with van der Waals surface area (Å²) in [4.78, 5) is 31.6. The Balaban J connectivity index is 1.36. The highest BCUT2D eigenvalue weighted by Crippen LogP contribution is 2.23. The first-order chi connectivity index (χ1) is 14.1. The number of para-hydroxylation sites is 2. The van der Waals surface area contributed by atoms with Crippen LogP contribution in [-0.2, 0) is 5.75 Å². The monoisotopic (exact) mass is 401 g/mol. The Kier molecular flexibility index (Phi) is 5.44. The number of fused-ring (bicyclic) bond motifs is 1. The minimum Gasteiger partial charge on any atom is -0.333 e. The Morgan fingerprint density at radius 2 is 1.62 bits per heavy atom. The van der Waals surface area contributed by atoms with E-state index in [0.717, 1.165) is 27.5 Å². The largest absolute Gasteiger partial charge is 0.333 e. The fourth-order valence-electron chi connectivity index (χ4n) is 2.89. The number of imidazole rings is 1. The molecule has 0 bridgehead atoms. The van der Waals surface area contributed by atoms with Crippen LogP contribution < -0.4 is 5.32 Å². The number of rotatable bonds is 6. The van der Waals surface area contributed by atoms with E-state index in [4.69, 9.17) is 0 Å². The van der Waals surface area contributed by atoms with E-state index in [-0.39, 0.29) is 11.7 Å². The van der Waals surface area contributed by atoms with Gasteiger partial charge >= 0.3 is 0 Å². The number of hydrogen-bond donors (Lipinski definition) is 2. The van der Waals surface area contributed by atoms with Gasteiger partial charge in [-0.2, -0.15) is 0 Å². The van der Waals surface area contributed by atoms with E-state index in [9.17, 15) is 9.59 Å². The van der Waals surface area contributed by atoms with Crippen LogP contribution >= 0.6 is 11.8 Å². The van der Waals surface area contributed by atoms with E-state index in [1.807, 2.05) is 48.5 Å². The van der Waals surface area contributed by atoms with Crippen molar-refractivity contribution in [3.05, 3.63) is 89.5 Å². The number of aromatic nitrogens is 2. The molecule has 5 nitrogen and oxygen atoms in total. The lowest BCUT2D eigenvalue weighted by Gasteiger charge is -2.07. The van der Waals surface area contributed by atoms with E-state index in [2.05, 4.69) is 15.3 Å². The van der Waals surface area contributed by atoms with Gasteiger partial charge in [0.15, 0.2) is 10.9 Å². The van der Waals surface area contributed by atoms with Gasteiger partial charge in [0.2, 0.25) is 0 Å². The molecule has 4 aromatic rings. The number of carbonyl (C=O) groups is 2. The van der Waals surface area contributed by atoms with Crippen molar-refractivity contribution in [1.82, 2.24) is 9.97 Å². The molecule has 29 heavy (non-hydrogen) atoms. The smallest absolute Gasteiger partial charge is 0.255 e. The van der Waals surface area contributed by atoms with Gasteiger partial charge < -0.3 is 10.3 Å². The predicted octanol–water partition coefficient (Wildman–Crippen LogP) is 5.31. The molecule has 144 valence electrons. The molecule has 0 spiro atoms. The summed E-state index contributed by atoms with van der Waals surface area (Å²) >= 11 is 1.63. The van der Waals surface area contributed by atoms with Gasteiger partial charge in [0.25, 0.3) is 5.91 Å². The number of ketones is 1. The van der Waals surface area contributed by atoms with Gasteiger partial charge in [-0.15, -0.1) is 0 Å². The third-order valence-electron chi connectivity index (χ3n) is 4.51. The Morgan fingerprint density at radius 3 is 2.31 bits per heavy atom. The zero-order valence-electron chi connectivity index (χ0n) is 15.8. The fraction of sp³-hybridized carbons (Fsp3) is 0.0870. The van der Waals surface area contributed by atoms with Crippen molar-refractivity contribution in [2.45, 2.75) is 17.8 Å². The summed E-state index contributed by atoms with van der Waals surface area (Å²) in [6.45, 7) is 1.52. The molecule has 1 heterocycles. The number of nitrogens with zero attached hydrogens (tertiary/aromatic N) is 1. The lowest BCUT2D eigenvalue weighted by molar-refractivity contribution is 0.101. The van der Waals surface area contributed by atoms with Crippen LogP contribution in [0.15, 0.2) is 78.0 Å². The van der Waals surface area contributed by atoms with Crippen molar-refractivity contribution >= 4 is 40.2 Å². The summed E-state index contributed by atoms with van der Waals surface area (Å²) < 4.78 is 0. The molecule has 0 aliphatic heterocycles. The normalized spacial score (nSPS) is 10.8. The molecule has 0 atom stereocenters. The van der Waals surface area contributed by atoms with Gasteiger partial charge in [-0.3, -0.25) is 9.59 Å². The van der Waals surface area contributed by atoms with Crippen molar-refractivity contribution in [2.24, 2.45) is 0 Å². The lowest BCUT2D eigenvalue weighted by atomic mass is 10.1. The molecule has 6 heteroatoms. The molecule has 1 amide bonds. The zero-order valence-corrected chi connectivity index (χ0v) is 16.6. The number of amides is 1. The second kappa shape index (κ2) is 8.32. The minimum atomic E-state index is -0.183. The molecule has 0 fully saturated rings. The van der Waals surface area contributed by atoms with E-state index in [1.165, 1.54) is 6.92 Å². The summed E-state index contributed by atoms with van der Waals surface area (Å²) in [6.07, 6.45) is 0. The maximum absolute atomic E-state index is 12.4. The predicted molar refractivity (Wildman–Crippen MR) is 116 cm³/mol. The van der Waals surface area contributed by atoms with Crippen molar-refractivity contribution < 1.29 is 9.59 Å². The Bertz CT molecular complexity index is 1130. The van der Waals surface area contributed by atoms with Crippen LogP contribution in [0.2, 0.25) is 0 Å². The average Bonchev–Trinajstić information content (AvgIpc) is 3.16. The molecule has 0 radical (unpaired) electrons. The minimum absolute atomic E-state index is 0.000942. The van der Waals surface area contributed by atoms with Gasteiger partial charge in [-0.05, 0) is 61.0 Å². The highest BCUT2D eigenvalue weighted by molar-refractivity contribution is 7.98. The Hall–Kier alpha value is -3.38. The molecule has 0 saturated heterocycles. The average molecular weight is 401 g/mol. The maximum Gasteiger partial charge on any atom is 0.255 e. The van der Waals surface area contributed by atoms with Crippen LogP contribution in [0.1, 0.15) is 33.2 Å². The van der Waals surface area contributed by atoms with Crippen molar-refractivity contribution in [3.8, 4) is 0 Å². The van der Waals surface area contributed by atoms with Gasteiger partial charge in [-0.1, -0.05) is 36.0 Å². The van der Waals surface area contributed by atoms with Crippen molar-refractivity contribution in [3.63, 3.8) is 0 Å². The van der Waals surface area contributed by atoms with Crippen molar-refractivity contribution in [2.75, 3.05) is 5.32 Å². The molecule has 0 aliphatic carbocycles. The topological polar surface area (TPSA) is 74.8 Å². The number of Topliss-reactive ketones (excluding diaryl/α,β-unsaturated/α-hetero) is 1. The SMILES string of the molecule is CC(=O)c1ccc(NC(=O)c2ccc(CSc3nc4ccccc4[nH]3)cc2)cc1. The first kappa shape index (κ1) is 19.0. The molecule has 0 aliphatic rings. The first-order valence-corrected chi connectivity index (χ1v) is 10.2. The molecular formula is C23H19N3O2S. The molecule has 3 aromatic carbocycles. The quantitative estimate of drug-likeness (QED) is 0.339. The van der Waals surface area contributed by atoms with Gasteiger partial charge in [-0.25, -0.2) is 4.98 Å². The second-order valence-electron chi connectivity index (χ2n) is 6.63. The number of thioether (sulfide) groups is 1. The number of H-pyrrole nitrogens is 1. The van der Waals surface area contributed by atoms with Crippen LogP contribution in [0.5, 0.6) is 0 Å². The van der Waals surface area contributed by atoms with Crippen LogP contribution in [0.4, 0.5) is 5.69 Å². The number of carbonyl (C=O) groups excluding carboxylic acids is 2. The lowest BCUT2D eigenvalue weighted by Crippen LogP contribution is -2.11. The third kappa shape index (κ3) is 4.55. The van der Waals surface area contributed by atoms with E-state index in [1.54, 1.807) is 36.0 Å². The summed E-state index contributed by atoms with van der Waals surface area (Å²) in [6, 6.07) is 22.3. The van der Waals surface area contributed by atoms with E-state index >= 15 is 0 Å². The molecule has 0 unspecified atom stereocenters. The highest BCUT2D eigenvalue weighted by Gasteiger charge is 2.08. The van der Waals surface area contributed by atoms with Crippen molar-refractivity contribution in [1.29, 1.82) is 0 Å². The molecule has 2 N–H and O–H groups in total. The zero-order chi connectivity index (χ0) is 20.2. The van der Waals surface area contributed by atoms with E-state index < -0.39 is 0 Å². The third-order valence-corrected chi connectivity index (χ3v) is 5.45. The number of benzene rings is 3. The number of aromatic amines is 1. The van der Waals surface area contributed by atoms with Crippen LogP contribution in [0.3, 0.4) is 0 Å². The van der Waals surface area contributed by atoms with Crippen LogP contribution in [-0.4, -0.2) is 21.7 Å². The standard InChI is InChI=1S/C23H19N3O2S/c1-15(27)17-10-12-19(13-11-17)24-22(28)18-8-6-16(7-9-18)14-29-23-25-20-4-2-3-5-21(20)26-23/h2-13H,14H2,1H3,(H,24,28)(H,25,26). The number of hydrogen-bond acceptors (Lipinski definition) is 4. The second-order valence-corrected chi connectivity index (χ2v) is 7.60. The fourth-order valence-corrected chi connectivity index (χ4v) is 3.73. The molecular weight excluding hydrogens is 382 g/mol. The van der Waals surface area contributed by atoms with Gasteiger partial charge in [0.05, 0.1) is 11.0 Å². The van der Waals surface area contributed by atoms with Crippen LogP contribution in [0.25, 0.3) is 11.0 Å². The maximum atomic E-state index is 12.4.